The molecule has 0 radical (unpaired) electrons. The van der Waals surface area contributed by atoms with Crippen LogP contribution in [-0.2, 0) is 0 Å². The first-order chi connectivity index (χ1) is 34.3. The van der Waals surface area contributed by atoms with Gasteiger partial charge in [-0.15, -0.1) is 0 Å². The Labute approximate surface area is 403 Å². The number of fused-ring (bicyclic) bond motifs is 8. The Morgan fingerprint density at radius 2 is 1.00 bits per heavy atom. The van der Waals surface area contributed by atoms with E-state index in [-0.39, 0.29) is 5.92 Å². The Kier molecular flexibility index (Phi) is 9.40. The predicted molar refractivity (Wildman–Crippen MR) is 293 cm³/mol. The summed E-state index contributed by atoms with van der Waals surface area (Å²) in [5, 5.41) is 10.4. The van der Waals surface area contributed by atoms with Gasteiger partial charge in [0.2, 0.25) is 0 Å². The minimum atomic E-state index is 0.190. The summed E-state index contributed by atoms with van der Waals surface area (Å²) in [4.78, 5) is 2.58. The van der Waals surface area contributed by atoms with Gasteiger partial charge in [-0.05, 0) is 133 Å². The molecular formula is C67H50N2. The van der Waals surface area contributed by atoms with E-state index in [4.69, 9.17) is 0 Å². The molecule has 1 aromatic heterocycles. The molecule has 0 saturated heterocycles. The van der Waals surface area contributed by atoms with Gasteiger partial charge >= 0.3 is 0 Å². The maximum absolute atomic E-state index is 2.58. The van der Waals surface area contributed by atoms with Crippen LogP contribution in [0.2, 0.25) is 0 Å². The third-order valence-corrected chi connectivity index (χ3v) is 15.5. The van der Waals surface area contributed by atoms with E-state index in [1.807, 2.05) is 0 Å². The first-order valence-electron chi connectivity index (χ1n) is 24.9. The van der Waals surface area contributed by atoms with E-state index < -0.39 is 0 Å². The van der Waals surface area contributed by atoms with Crippen molar-refractivity contribution < 1.29 is 0 Å². The third-order valence-electron chi connectivity index (χ3n) is 15.5. The molecule has 0 N–H and O–H groups in total. The number of para-hydroxylation sites is 4. The fourth-order valence-electron chi connectivity index (χ4n) is 12.4. The van der Waals surface area contributed by atoms with Gasteiger partial charge in [-0.2, -0.15) is 0 Å². The number of benzene rings is 10. The summed E-state index contributed by atoms with van der Waals surface area (Å²) in [7, 11) is 0. The highest BCUT2D eigenvalue weighted by Gasteiger charge is 2.39. The Balaban J connectivity index is 0.969. The Bertz CT molecular complexity index is 3940. The standard InChI is InChI=1S/C67H50N2/c1-3-19-44(20-4-1)50-30-15-22-46-23-16-33-56(65(46)50)55-28-10-13-36-62(55)69(61-35-12-9-27-54(61)52-32-17-31-51-49-26-8-7-21-45(49)39-41-53(51)52)48-40-42-57-60(43-48)66(57)59-34-18-38-64-67(59)58-29-11-14-37-63(58)68(64)47-24-5-2-6-25-47/h2,5-18,21-44,60H,1,3-4,19-20H2/t60-/m1/s1. The molecule has 14 rings (SSSR count). The van der Waals surface area contributed by atoms with Crippen molar-refractivity contribution in [2.75, 3.05) is 4.90 Å². The monoisotopic (exact) mass is 882 g/mol. The first kappa shape index (κ1) is 39.9. The SMILES string of the molecule is C1=CC2=C(c3cccc4c3c3ccccc3n4-c3ccccc3)[C@@H]2C=C1N(c1ccccc1-c1cccc2c1ccc1ccccc12)c1ccccc1-c1cccc2cccc(C3CCCCC3)c12. The molecule has 10 aromatic carbocycles. The van der Waals surface area contributed by atoms with Crippen LogP contribution in [0.1, 0.15) is 49.1 Å². The number of rotatable bonds is 8. The molecule has 2 nitrogen and oxygen atoms in total. The van der Waals surface area contributed by atoms with Gasteiger partial charge in [0.1, 0.15) is 0 Å². The van der Waals surface area contributed by atoms with Crippen molar-refractivity contribution in [1.82, 2.24) is 4.57 Å². The van der Waals surface area contributed by atoms with Crippen molar-refractivity contribution in [1.29, 1.82) is 0 Å². The quantitative estimate of drug-likeness (QED) is 0.138. The molecule has 1 fully saturated rings. The number of allylic oxidation sites excluding steroid dienone is 5. The van der Waals surface area contributed by atoms with Crippen molar-refractivity contribution in [2.45, 2.75) is 38.0 Å². The number of anilines is 2. The lowest BCUT2D eigenvalue weighted by Crippen LogP contribution is -2.18. The largest absolute Gasteiger partial charge is 0.310 e. The number of hydrogen-bond acceptors (Lipinski definition) is 1. The first-order valence-corrected chi connectivity index (χ1v) is 24.9. The topological polar surface area (TPSA) is 8.17 Å². The Morgan fingerprint density at radius 3 is 1.84 bits per heavy atom. The maximum Gasteiger partial charge on any atom is 0.0547 e. The second kappa shape index (κ2) is 16.2. The van der Waals surface area contributed by atoms with Crippen LogP contribution in [-0.4, -0.2) is 4.57 Å². The number of aromatic nitrogens is 1. The minimum Gasteiger partial charge on any atom is -0.310 e. The van der Waals surface area contributed by atoms with Crippen molar-refractivity contribution in [3.05, 3.63) is 253 Å². The van der Waals surface area contributed by atoms with Crippen LogP contribution in [0.5, 0.6) is 0 Å². The lowest BCUT2D eigenvalue weighted by molar-refractivity contribution is 0.445. The number of hydrogen-bond donors (Lipinski definition) is 0. The molecule has 1 heterocycles. The molecule has 0 unspecified atom stereocenters. The lowest BCUT2D eigenvalue weighted by atomic mass is 9.80. The van der Waals surface area contributed by atoms with Crippen molar-refractivity contribution >= 4 is 71.1 Å². The fraction of sp³-hybridized carbons (Fsp3) is 0.104. The van der Waals surface area contributed by atoms with E-state index in [0.717, 1.165) is 5.69 Å². The van der Waals surface area contributed by atoms with E-state index >= 15 is 0 Å². The van der Waals surface area contributed by atoms with Gasteiger partial charge in [0.05, 0.1) is 22.4 Å². The molecule has 3 aliphatic carbocycles. The summed E-state index contributed by atoms with van der Waals surface area (Å²) in [5.41, 5.74) is 17.8. The van der Waals surface area contributed by atoms with Crippen molar-refractivity contribution in [2.24, 2.45) is 5.92 Å². The van der Waals surface area contributed by atoms with Gasteiger partial charge in [0, 0.05) is 39.2 Å². The molecule has 1 saturated carbocycles. The van der Waals surface area contributed by atoms with E-state index in [1.165, 1.54) is 148 Å². The molecule has 2 heteroatoms. The normalized spacial score (nSPS) is 15.9. The summed E-state index contributed by atoms with van der Waals surface area (Å²) >= 11 is 0. The molecule has 69 heavy (non-hydrogen) atoms. The van der Waals surface area contributed by atoms with Crippen LogP contribution >= 0.6 is 0 Å². The molecule has 0 bridgehead atoms. The van der Waals surface area contributed by atoms with Crippen molar-refractivity contribution in [3.8, 4) is 27.9 Å². The van der Waals surface area contributed by atoms with Crippen LogP contribution in [0, 0.1) is 5.92 Å². The van der Waals surface area contributed by atoms with E-state index in [1.54, 1.807) is 0 Å². The van der Waals surface area contributed by atoms with E-state index in [0.29, 0.717) is 5.92 Å². The van der Waals surface area contributed by atoms with Crippen LogP contribution in [0.15, 0.2) is 242 Å². The van der Waals surface area contributed by atoms with Gasteiger partial charge in [-0.1, -0.05) is 201 Å². The maximum atomic E-state index is 2.58. The third kappa shape index (κ3) is 6.46. The van der Waals surface area contributed by atoms with Gasteiger partial charge in [-0.3, -0.25) is 0 Å². The lowest BCUT2D eigenvalue weighted by Gasteiger charge is -2.32. The molecule has 0 spiro atoms. The molecule has 11 aromatic rings. The molecule has 0 amide bonds. The second-order valence-electron chi connectivity index (χ2n) is 19.3. The van der Waals surface area contributed by atoms with Gasteiger partial charge in [0.25, 0.3) is 0 Å². The molecular weight excluding hydrogens is 833 g/mol. The molecule has 328 valence electrons. The van der Waals surface area contributed by atoms with Gasteiger partial charge in [0.15, 0.2) is 0 Å². The van der Waals surface area contributed by atoms with Gasteiger partial charge in [-0.25, -0.2) is 0 Å². The van der Waals surface area contributed by atoms with Crippen LogP contribution in [0.3, 0.4) is 0 Å². The van der Waals surface area contributed by atoms with Crippen molar-refractivity contribution in [3.63, 3.8) is 0 Å². The number of nitrogens with zero attached hydrogens (tertiary/aromatic N) is 2. The summed E-state index contributed by atoms with van der Waals surface area (Å²) in [5.74, 6) is 0.763. The second-order valence-corrected chi connectivity index (χ2v) is 19.3. The summed E-state index contributed by atoms with van der Waals surface area (Å²) in [6, 6.07) is 79.1. The fourth-order valence-corrected chi connectivity index (χ4v) is 12.4. The zero-order valence-electron chi connectivity index (χ0n) is 38.5. The zero-order chi connectivity index (χ0) is 45.4. The molecule has 3 aliphatic rings. The van der Waals surface area contributed by atoms with Gasteiger partial charge < -0.3 is 9.47 Å². The average molecular weight is 883 g/mol. The zero-order valence-corrected chi connectivity index (χ0v) is 38.5. The Morgan fingerprint density at radius 1 is 0.391 bits per heavy atom. The predicted octanol–water partition coefficient (Wildman–Crippen LogP) is 18.3. The van der Waals surface area contributed by atoms with E-state index in [9.17, 15) is 0 Å². The summed E-state index contributed by atoms with van der Waals surface area (Å²) in [6.45, 7) is 0. The van der Waals surface area contributed by atoms with Crippen LogP contribution in [0.4, 0.5) is 11.4 Å². The minimum absolute atomic E-state index is 0.190. The highest BCUT2D eigenvalue weighted by Crippen LogP contribution is 2.56. The summed E-state index contributed by atoms with van der Waals surface area (Å²) < 4.78 is 2.43. The highest BCUT2D eigenvalue weighted by atomic mass is 15.2. The highest BCUT2D eigenvalue weighted by molar-refractivity contribution is 6.17. The Hall–Kier alpha value is -8.20. The van der Waals surface area contributed by atoms with Crippen LogP contribution < -0.4 is 4.90 Å². The summed E-state index contributed by atoms with van der Waals surface area (Å²) in [6.07, 6.45) is 13.8. The molecule has 1 atom stereocenters. The average Bonchev–Trinajstić information content (AvgIpc) is 4.04. The smallest absolute Gasteiger partial charge is 0.0547 e. The van der Waals surface area contributed by atoms with E-state index in [2.05, 4.69) is 240 Å². The van der Waals surface area contributed by atoms with Crippen LogP contribution in [0.25, 0.3) is 87.6 Å². The molecule has 0 aliphatic heterocycles.